The standard InChI is InChI=1S/C16H21N3O/c1-19-16(12-7-9-17-10-8-12)14(11-18-19)13-5-3-4-6-15(13)20-2/h3-6,11-12,17H,7-10H2,1-2H3. The summed E-state index contributed by atoms with van der Waals surface area (Å²) in [6.07, 6.45) is 4.30. The van der Waals surface area contributed by atoms with Crippen molar-refractivity contribution in [2.24, 2.45) is 7.05 Å². The second-order valence-electron chi connectivity index (χ2n) is 5.29. The average molecular weight is 271 g/mol. The van der Waals surface area contributed by atoms with Crippen LogP contribution in [-0.2, 0) is 7.05 Å². The zero-order valence-corrected chi connectivity index (χ0v) is 12.1. The predicted molar refractivity (Wildman–Crippen MR) is 80.0 cm³/mol. The maximum atomic E-state index is 5.50. The molecule has 2 heterocycles. The molecule has 0 spiro atoms. The van der Waals surface area contributed by atoms with Gasteiger partial charge in [-0.1, -0.05) is 18.2 Å². The van der Waals surface area contributed by atoms with Crippen molar-refractivity contribution in [3.05, 3.63) is 36.2 Å². The van der Waals surface area contributed by atoms with Crippen LogP contribution in [0.3, 0.4) is 0 Å². The number of nitrogens with one attached hydrogen (secondary N) is 1. The van der Waals surface area contributed by atoms with Gasteiger partial charge in [0.25, 0.3) is 0 Å². The summed E-state index contributed by atoms with van der Waals surface area (Å²) in [5, 5.41) is 7.91. The molecule has 1 aliphatic heterocycles. The summed E-state index contributed by atoms with van der Waals surface area (Å²) < 4.78 is 7.53. The number of para-hydroxylation sites is 1. The highest BCUT2D eigenvalue weighted by atomic mass is 16.5. The lowest BCUT2D eigenvalue weighted by Crippen LogP contribution is -2.27. The van der Waals surface area contributed by atoms with Gasteiger partial charge in [-0.25, -0.2) is 0 Å². The lowest BCUT2D eigenvalue weighted by molar-refractivity contribution is 0.416. The van der Waals surface area contributed by atoms with Crippen LogP contribution in [0.4, 0.5) is 0 Å². The minimum atomic E-state index is 0.573. The molecule has 0 amide bonds. The highest BCUT2D eigenvalue weighted by Gasteiger charge is 2.23. The Bertz CT molecular complexity index is 585. The van der Waals surface area contributed by atoms with Crippen molar-refractivity contribution >= 4 is 0 Å². The van der Waals surface area contributed by atoms with Crippen molar-refractivity contribution in [1.82, 2.24) is 15.1 Å². The van der Waals surface area contributed by atoms with Gasteiger partial charge in [0.1, 0.15) is 5.75 Å². The van der Waals surface area contributed by atoms with Gasteiger partial charge in [-0.15, -0.1) is 0 Å². The van der Waals surface area contributed by atoms with Crippen LogP contribution in [0.25, 0.3) is 11.1 Å². The third-order valence-electron chi connectivity index (χ3n) is 4.11. The molecule has 1 aromatic carbocycles. The Morgan fingerprint density at radius 1 is 1.20 bits per heavy atom. The van der Waals surface area contributed by atoms with Crippen molar-refractivity contribution < 1.29 is 4.74 Å². The molecule has 0 radical (unpaired) electrons. The molecule has 1 saturated heterocycles. The predicted octanol–water partition coefficient (Wildman–Crippen LogP) is 2.56. The molecule has 1 N–H and O–H groups in total. The number of ether oxygens (including phenoxy) is 1. The first-order valence-electron chi connectivity index (χ1n) is 7.17. The molecule has 20 heavy (non-hydrogen) atoms. The molecule has 0 saturated carbocycles. The summed E-state index contributed by atoms with van der Waals surface area (Å²) in [6, 6.07) is 8.18. The maximum Gasteiger partial charge on any atom is 0.126 e. The van der Waals surface area contributed by atoms with E-state index in [9.17, 15) is 0 Å². The average Bonchev–Trinajstić information content (AvgIpc) is 2.89. The van der Waals surface area contributed by atoms with E-state index in [1.54, 1.807) is 7.11 Å². The summed E-state index contributed by atoms with van der Waals surface area (Å²) in [4.78, 5) is 0. The van der Waals surface area contributed by atoms with Gasteiger partial charge in [-0.2, -0.15) is 5.10 Å². The zero-order chi connectivity index (χ0) is 13.9. The van der Waals surface area contributed by atoms with Gasteiger partial charge in [-0.3, -0.25) is 4.68 Å². The molecule has 4 nitrogen and oxygen atoms in total. The van der Waals surface area contributed by atoms with E-state index in [-0.39, 0.29) is 0 Å². The number of rotatable bonds is 3. The summed E-state index contributed by atoms with van der Waals surface area (Å²) >= 11 is 0. The number of methoxy groups -OCH3 is 1. The first-order valence-corrected chi connectivity index (χ1v) is 7.17. The first kappa shape index (κ1) is 13.2. The minimum Gasteiger partial charge on any atom is -0.496 e. The summed E-state index contributed by atoms with van der Waals surface area (Å²) in [5.74, 6) is 1.49. The summed E-state index contributed by atoms with van der Waals surface area (Å²) in [6.45, 7) is 2.17. The summed E-state index contributed by atoms with van der Waals surface area (Å²) in [7, 11) is 3.76. The Hall–Kier alpha value is -1.81. The molecular formula is C16H21N3O. The largest absolute Gasteiger partial charge is 0.496 e. The van der Waals surface area contributed by atoms with Gasteiger partial charge in [0, 0.05) is 29.8 Å². The Kier molecular flexibility index (Phi) is 3.74. The van der Waals surface area contributed by atoms with Crippen molar-refractivity contribution in [3.63, 3.8) is 0 Å². The number of aryl methyl sites for hydroxylation is 1. The topological polar surface area (TPSA) is 39.1 Å². The molecule has 0 unspecified atom stereocenters. The van der Waals surface area contributed by atoms with Gasteiger partial charge in [0.15, 0.2) is 0 Å². The Labute approximate surface area is 119 Å². The molecular weight excluding hydrogens is 250 g/mol. The molecule has 0 aliphatic carbocycles. The lowest BCUT2D eigenvalue weighted by Gasteiger charge is -2.24. The minimum absolute atomic E-state index is 0.573. The van der Waals surface area contributed by atoms with E-state index >= 15 is 0 Å². The number of piperidine rings is 1. The van der Waals surface area contributed by atoms with Crippen LogP contribution in [0.1, 0.15) is 24.5 Å². The number of benzene rings is 1. The van der Waals surface area contributed by atoms with Gasteiger partial charge >= 0.3 is 0 Å². The number of nitrogens with zero attached hydrogens (tertiary/aromatic N) is 2. The molecule has 4 heteroatoms. The van der Waals surface area contributed by atoms with Gasteiger partial charge < -0.3 is 10.1 Å². The van der Waals surface area contributed by atoms with Crippen LogP contribution in [0.5, 0.6) is 5.75 Å². The van der Waals surface area contributed by atoms with Crippen molar-refractivity contribution in [2.75, 3.05) is 20.2 Å². The molecule has 3 rings (SSSR count). The maximum absolute atomic E-state index is 5.50. The first-order chi connectivity index (χ1) is 9.81. The van der Waals surface area contributed by atoms with Crippen LogP contribution < -0.4 is 10.1 Å². The molecule has 0 atom stereocenters. The fourth-order valence-electron chi connectivity index (χ4n) is 3.10. The van der Waals surface area contributed by atoms with E-state index in [2.05, 4.69) is 22.5 Å². The SMILES string of the molecule is COc1ccccc1-c1cnn(C)c1C1CCNCC1. The molecule has 1 aliphatic rings. The second kappa shape index (κ2) is 5.67. The number of hydrogen-bond acceptors (Lipinski definition) is 3. The van der Waals surface area contributed by atoms with E-state index in [1.165, 1.54) is 24.1 Å². The van der Waals surface area contributed by atoms with E-state index < -0.39 is 0 Å². The highest BCUT2D eigenvalue weighted by Crippen LogP contribution is 2.37. The molecule has 106 valence electrons. The van der Waals surface area contributed by atoms with Crippen LogP contribution in [-0.4, -0.2) is 30.0 Å². The Morgan fingerprint density at radius 2 is 1.95 bits per heavy atom. The van der Waals surface area contributed by atoms with Crippen LogP contribution in [0.2, 0.25) is 0 Å². The smallest absolute Gasteiger partial charge is 0.126 e. The number of aromatic nitrogens is 2. The monoisotopic (exact) mass is 271 g/mol. The molecule has 1 fully saturated rings. The van der Waals surface area contributed by atoms with Gasteiger partial charge in [0.05, 0.1) is 13.3 Å². The zero-order valence-electron chi connectivity index (χ0n) is 12.1. The third kappa shape index (κ3) is 2.31. The van der Waals surface area contributed by atoms with Crippen molar-refractivity contribution in [2.45, 2.75) is 18.8 Å². The summed E-state index contributed by atoms with van der Waals surface area (Å²) in [5.41, 5.74) is 3.67. The van der Waals surface area contributed by atoms with E-state index in [4.69, 9.17) is 4.74 Å². The Balaban J connectivity index is 2.05. The van der Waals surface area contributed by atoms with Crippen molar-refractivity contribution in [3.8, 4) is 16.9 Å². The fraction of sp³-hybridized carbons (Fsp3) is 0.438. The van der Waals surface area contributed by atoms with Crippen LogP contribution in [0, 0.1) is 0 Å². The fourth-order valence-corrected chi connectivity index (χ4v) is 3.10. The van der Waals surface area contributed by atoms with Gasteiger partial charge in [0.2, 0.25) is 0 Å². The van der Waals surface area contributed by atoms with E-state index in [1.807, 2.05) is 30.1 Å². The molecule has 1 aromatic heterocycles. The normalized spacial score (nSPS) is 16.3. The van der Waals surface area contributed by atoms with Gasteiger partial charge in [-0.05, 0) is 32.0 Å². The van der Waals surface area contributed by atoms with Crippen molar-refractivity contribution in [1.29, 1.82) is 0 Å². The second-order valence-corrected chi connectivity index (χ2v) is 5.29. The third-order valence-corrected chi connectivity index (χ3v) is 4.11. The molecule has 2 aromatic rings. The lowest BCUT2D eigenvalue weighted by atomic mass is 9.90. The quantitative estimate of drug-likeness (QED) is 0.932. The van der Waals surface area contributed by atoms with Crippen LogP contribution >= 0.6 is 0 Å². The highest BCUT2D eigenvalue weighted by molar-refractivity contribution is 5.72. The van der Waals surface area contributed by atoms with E-state index in [0.717, 1.165) is 24.4 Å². The molecule has 0 bridgehead atoms. The Morgan fingerprint density at radius 3 is 2.70 bits per heavy atom. The van der Waals surface area contributed by atoms with Crippen LogP contribution in [0.15, 0.2) is 30.5 Å². The van der Waals surface area contributed by atoms with E-state index in [0.29, 0.717) is 5.92 Å². The number of hydrogen-bond donors (Lipinski definition) is 1.